The van der Waals surface area contributed by atoms with Gasteiger partial charge in [0.05, 0.1) is 0 Å². The Kier molecular flexibility index (Phi) is 4.08. The van der Waals surface area contributed by atoms with Crippen LogP contribution in [0.1, 0.15) is 51.0 Å². The summed E-state index contributed by atoms with van der Waals surface area (Å²) in [5, 5.41) is 8.75. The summed E-state index contributed by atoms with van der Waals surface area (Å²) in [6.45, 7) is 0. The minimum Gasteiger partial charge on any atom is -0.267 e. The van der Waals surface area contributed by atoms with Crippen LogP contribution in [-0.4, -0.2) is 25.8 Å². The second kappa shape index (κ2) is 5.64. The Morgan fingerprint density at radius 2 is 2.11 bits per heavy atom. The Balaban J connectivity index is 1.69. The zero-order valence-corrected chi connectivity index (χ0v) is 13.4. The number of nitrogens with one attached hydrogen (secondary N) is 1. The Bertz CT molecular complexity index is 488. The van der Waals surface area contributed by atoms with E-state index < -0.39 is 0 Å². The van der Waals surface area contributed by atoms with Gasteiger partial charge in [0.1, 0.15) is 0 Å². The molecule has 0 bridgehead atoms. The van der Waals surface area contributed by atoms with E-state index in [0.717, 1.165) is 29.1 Å². The Hall–Kier alpha value is -0.230. The van der Waals surface area contributed by atoms with Crippen LogP contribution in [-0.2, 0) is 0 Å². The van der Waals surface area contributed by atoms with Gasteiger partial charge in [-0.15, -0.1) is 5.10 Å². The van der Waals surface area contributed by atoms with Crippen molar-refractivity contribution < 1.29 is 0 Å². The lowest BCUT2D eigenvalue weighted by molar-refractivity contribution is 0.260. The van der Waals surface area contributed by atoms with E-state index in [1.807, 2.05) is 4.57 Å². The van der Waals surface area contributed by atoms with Crippen molar-refractivity contribution in [2.24, 2.45) is 5.41 Å². The van der Waals surface area contributed by atoms with E-state index in [4.69, 9.17) is 0 Å². The molecule has 0 amide bonds. The molecule has 2 aliphatic rings. The number of aromatic amines is 1. The monoisotopic (exact) mass is 345 g/mol. The van der Waals surface area contributed by atoms with Crippen molar-refractivity contribution in [1.29, 1.82) is 0 Å². The van der Waals surface area contributed by atoms with Crippen LogP contribution >= 0.6 is 27.7 Å². The first-order valence-corrected chi connectivity index (χ1v) is 9.20. The molecular formula is C13H20BrN3OS. The number of thioether (sulfide) groups is 1. The molecule has 2 saturated carbocycles. The molecule has 1 aromatic heterocycles. The lowest BCUT2D eigenvalue weighted by atomic mass is 9.77. The highest BCUT2D eigenvalue weighted by molar-refractivity contribution is 9.09. The van der Waals surface area contributed by atoms with Crippen molar-refractivity contribution in [3.8, 4) is 0 Å². The fourth-order valence-corrected chi connectivity index (χ4v) is 5.21. The quantitative estimate of drug-likeness (QED) is 0.657. The van der Waals surface area contributed by atoms with Gasteiger partial charge in [-0.05, 0) is 31.1 Å². The standard InChI is InChI=1S/C13H20BrN3OS/c14-8-13(6-2-1-3-7-13)9-19-12-16-15-11(18)17(12)10-4-5-10/h10H,1-9H2,(H,15,18). The lowest BCUT2D eigenvalue weighted by Crippen LogP contribution is -2.29. The van der Waals surface area contributed by atoms with Gasteiger partial charge in [-0.2, -0.15) is 0 Å². The molecule has 2 aliphatic carbocycles. The second-order valence-electron chi connectivity index (χ2n) is 5.90. The fraction of sp³-hybridized carbons (Fsp3) is 0.846. The molecule has 0 aromatic carbocycles. The molecule has 106 valence electrons. The summed E-state index contributed by atoms with van der Waals surface area (Å²) >= 11 is 5.45. The minimum atomic E-state index is -0.0402. The van der Waals surface area contributed by atoms with Crippen LogP contribution in [0.2, 0.25) is 0 Å². The van der Waals surface area contributed by atoms with Crippen molar-refractivity contribution in [2.75, 3.05) is 11.1 Å². The highest BCUT2D eigenvalue weighted by Crippen LogP contribution is 2.43. The SMILES string of the molecule is O=c1[nH]nc(SCC2(CBr)CCCCC2)n1C1CC1. The first-order chi connectivity index (χ1) is 9.24. The van der Waals surface area contributed by atoms with Crippen molar-refractivity contribution in [1.82, 2.24) is 14.8 Å². The molecule has 0 unspecified atom stereocenters. The van der Waals surface area contributed by atoms with Gasteiger partial charge in [-0.1, -0.05) is 47.0 Å². The molecule has 1 aromatic rings. The van der Waals surface area contributed by atoms with Gasteiger partial charge in [-0.25, -0.2) is 9.89 Å². The maximum atomic E-state index is 11.7. The molecule has 0 spiro atoms. The summed E-state index contributed by atoms with van der Waals surface area (Å²) < 4.78 is 1.86. The first-order valence-electron chi connectivity index (χ1n) is 7.10. The van der Waals surface area contributed by atoms with E-state index in [1.165, 1.54) is 32.1 Å². The highest BCUT2D eigenvalue weighted by Gasteiger charge is 2.33. The third kappa shape index (κ3) is 2.94. The van der Waals surface area contributed by atoms with Crippen LogP contribution in [0.5, 0.6) is 0 Å². The Morgan fingerprint density at radius 3 is 2.74 bits per heavy atom. The first kappa shape index (κ1) is 13.7. The average molecular weight is 346 g/mol. The number of halogens is 1. The molecule has 4 nitrogen and oxygen atoms in total. The van der Waals surface area contributed by atoms with Gasteiger partial charge in [-0.3, -0.25) is 4.57 Å². The van der Waals surface area contributed by atoms with Crippen LogP contribution in [0.4, 0.5) is 0 Å². The molecule has 0 radical (unpaired) electrons. The van der Waals surface area contributed by atoms with Gasteiger partial charge in [0, 0.05) is 17.1 Å². The number of H-pyrrole nitrogens is 1. The van der Waals surface area contributed by atoms with E-state index in [-0.39, 0.29) is 5.69 Å². The third-order valence-corrected chi connectivity index (χ3v) is 6.78. The maximum Gasteiger partial charge on any atom is 0.344 e. The van der Waals surface area contributed by atoms with Gasteiger partial charge in [0.2, 0.25) is 0 Å². The summed E-state index contributed by atoms with van der Waals surface area (Å²) in [6, 6.07) is 0.403. The molecule has 6 heteroatoms. The van der Waals surface area contributed by atoms with Crippen molar-refractivity contribution in [2.45, 2.75) is 56.1 Å². The average Bonchev–Trinajstić information content (AvgIpc) is 3.21. The zero-order chi connectivity index (χ0) is 13.3. The number of hydrogen-bond donors (Lipinski definition) is 1. The highest BCUT2D eigenvalue weighted by atomic mass is 79.9. The molecule has 2 fully saturated rings. The number of rotatable bonds is 5. The molecule has 0 aliphatic heterocycles. The fourth-order valence-electron chi connectivity index (χ4n) is 2.88. The third-order valence-electron chi connectivity index (χ3n) is 4.29. The summed E-state index contributed by atoms with van der Waals surface area (Å²) in [7, 11) is 0. The number of aromatic nitrogens is 3. The van der Waals surface area contributed by atoms with E-state index in [1.54, 1.807) is 11.8 Å². The van der Waals surface area contributed by atoms with Crippen LogP contribution < -0.4 is 5.69 Å². The maximum absolute atomic E-state index is 11.7. The predicted molar refractivity (Wildman–Crippen MR) is 81.2 cm³/mol. The molecule has 1 heterocycles. The molecule has 3 rings (SSSR count). The van der Waals surface area contributed by atoms with Crippen molar-refractivity contribution >= 4 is 27.7 Å². The Morgan fingerprint density at radius 1 is 1.37 bits per heavy atom. The summed E-state index contributed by atoms with van der Waals surface area (Å²) in [5.74, 6) is 1.06. The largest absolute Gasteiger partial charge is 0.344 e. The topological polar surface area (TPSA) is 50.7 Å². The summed E-state index contributed by atoms with van der Waals surface area (Å²) in [4.78, 5) is 11.7. The Labute approximate surface area is 125 Å². The van der Waals surface area contributed by atoms with Crippen LogP contribution in [0, 0.1) is 5.41 Å². The molecule has 19 heavy (non-hydrogen) atoms. The van der Waals surface area contributed by atoms with Gasteiger partial charge in [0.25, 0.3) is 0 Å². The van der Waals surface area contributed by atoms with E-state index in [9.17, 15) is 4.79 Å². The second-order valence-corrected chi connectivity index (χ2v) is 7.40. The smallest absolute Gasteiger partial charge is 0.267 e. The van der Waals surface area contributed by atoms with Crippen LogP contribution in [0.3, 0.4) is 0 Å². The molecule has 0 saturated heterocycles. The summed E-state index contributed by atoms with van der Waals surface area (Å²) in [5.41, 5.74) is 0.355. The van der Waals surface area contributed by atoms with Crippen LogP contribution in [0.15, 0.2) is 9.95 Å². The number of nitrogens with zero attached hydrogens (tertiary/aromatic N) is 2. The zero-order valence-electron chi connectivity index (χ0n) is 11.0. The van der Waals surface area contributed by atoms with E-state index in [2.05, 4.69) is 26.1 Å². The van der Waals surface area contributed by atoms with Crippen LogP contribution in [0.25, 0.3) is 0 Å². The predicted octanol–water partition coefficient (Wildman–Crippen LogP) is 3.34. The normalized spacial score (nSPS) is 22.6. The van der Waals surface area contributed by atoms with Gasteiger partial charge in [0.15, 0.2) is 5.16 Å². The molecule has 1 N–H and O–H groups in total. The van der Waals surface area contributed by atoms with E-state index in [0.29, 0.717) is 11.5 Å². The van der Waals surface area contributed by atoms with Gasteiger partial charge < -0.3 is 0 Å². The molecular weight excluding hydrogens is 326 g/mol. The number of hydrogen-bond acceptors (Lipinski definition) is 3. The van der Waals surface area contributed by atoms with E-state index >= 15 is 0 Å². The van der Waals surface area contributed by atoms with Crippen molar-refractivity contribution in [3.05, 3.63) is 10.5 Å². The van der Waals surface area contributed by atoms with Crippen molar-refractivity contribution in [3.63, 3.8) is 0 Å². The van der Waals surface area contributed by atoms with Gasteiger partial charge >= 0.3 is 5.69 Å². The number of alkyl halides is 1. The molecule has 0 atom stereocenters. The minimum absolute atomic E-state index is 0.0402. The summed E-state index contributed by atoms with van der Waals surface area (Å²) in [6.07, 6.45) is 8.87. The lowest BCUT2D eigenvalue weighted by Gasteiger charge is -2.35.